The molecule has 4 atom stereocenters. The molecule has 2 aromatic rings. The Bertz CT molecular complexity index is 1330. The van der Waals surface area contributed by atoms with Crippen molar-refractivity contribution in [3.63, 3.8) is 0 Å². The number of anilines is 1. The molecule has 0 saturated heterocycles. The first-order valence-corrected chi connectivity index (χ1v) is 17.2. The van der Waals surface area contributed by atoms with Gasteiger partial charge in [-0.25, -0.2) is 4.79 Å². The zero-order valence-corrected chi connectivity index (χ0v) is 28.5. The van der Waals surface area contributed by atoms with Crippen LogP contribution < -0.4 is 10.1 Å². The number of hydrogen-bond acceptors (Lipinski definition) is 7. The molecule has 258 valence electrons. The summed E-state index contributed by atoms with van der Waals surface area (Å²) < 4.78 is 12.8. The van der Waals surface area contributed by atoms with Gasteiger partial charge in [-0.05, 0) is 88.9 Å². The molecule has 1 heterocycles. The third kappa shape index (κ3) is 10.5. The van der Waals surface area contributed by atoms with Gasteiger partial charge in [-0.1, -0.05) is 38.3 Å². The van der Waals surface area contributed by atoms with E-state index in [2.05, 4.69) is 17.1 Å². The van der Waals surface area contributed by atoms with E-state index in [1.54, 1.807) is 35.2 Å². The minimum Gasteiger partial charge on any atom is -0.490 e. The van der Waals surface area contributed by atoms with Gasteiger partial charge in [0.05, 0.1) is 36.0 Å². The number of nitrogens with zero attached hydrogens (tertiary/aromatic N) is 2. The summed E-state index contributed by atoms with van der Waals surface area (Å²) in [6.45, 7) is 7.82. The minimum absolute atomic E-state index is 0.0107. The molecule has 1 fully saturated rings. The molecule has 1 aliphatic heterocycles. The van der Waals surface area contributed by atoms with Crippen LogP contribution in [0.25, 0.3) is 0 Å². The molecule has 10 nitrogen and oxygen atoms in total. The van der Waals surface area contributed by atoms with Gasteiger partial charge in [-0.2, -0.15) is 0 Å². The normalized spacial score (nSPS) is 22.6. The Kier molecular flexibility index (Phi) is 13.6. The Morgan fingerprint density at radius 2 is 1.72 bits per heavy atom. The number of benzene rings is 2. The van der Waals surface area contributed by atoms with E-state index in [0.29, 0.717) is 43.2 Å². The molecule has 2 amide bonds. The van der Waals surface area contributed by atoms with Gasteiger partial charge in [-0.15, -0.1) is 0 Å². The zero-order chi connectivity index (χ0) is 33.9. The van der Waals surface area contributed by atoms with E-state index in [1.807, 2.05) is 33.0 Å². The Morgan fingerprint density at radius 3 is 2.40 bits per heavy atom. The van der Waals surface area contributed by atoms with Crippen molar-refractivity contribution >= 4 is 23.5 Å². The van der Waals surface area contributed by atoms with E-state index in [9.17, 15) is 24.6 Å². The van der Waals surface area contributed by atoms with Gasteiger partial charge >= 0.3 is 5.97 Å². The second-order valence-corrected chi connectivity index (χ2v) is 13.5. The summed E-state index contributed by atoms with van der Waals surface area (Å²) in [7, 11) is 2.00. The van der Waals surface area contributed by atoms with Gasteiger partial charge in [-0.3, -0.25) is 14.5 Å². The quantitative estimate of drug-likeness (QED) is 0.309. The number of carboxylic acids is 1. The molecule has 2 aliphatic rings. The van der Waals surface area contributed by atoms with E-state index < -0.39 is 12.0 Å². The molecule has 0 bridgehead atoms. The topological polar surface area (TPSA) is 129 Å². The second-order valence-electron chi connectivity index (χ2n) is 13.5. The first-order valence-electron chi connectivity index (χ1n) is 17.2. The van der Waals surface area contributed by atoms with Gasteiger partial charge < -0.3 is 29.9 Å². The molecule has 1 aliphatic carbocycles. The van der Waals surface area contributed by atoms with E-state index >= 15 is 0 Å². The van der Waals surface area contributed by atoms with Crippen LogP contribution in [0.2, 0.25) is 0 Å². The van der Waals surface area contributed by atoms with Crippen molar-refractivity contribution in [2.24, 2.45) is 11.8 Å². The molecule has 2 aromatic carbocycles. The van der Waals surface area contributed by atoms with Crippen LogP contribution in [0, 0.1) is 11.8 Å². The number of aromatic carboxylic acids is 1. The summed E-state index contributed by atoms with van der Waals surface area (Å²) in [4.78, 5) is 42.6. The van der Waals surface area contributed by atoms with Crippen molar-refractivity contribution in [3.05, 3.63) is 59.2 Å². The lowest BCUT2D eigenvalue weighted by Gasteiger charge is -2.36. The SMILES string of the molecule is C[C@@H]1CCCCO[C@H](CN(C)Cc2ccc(C(=O)O)cc2)[C@@H](C)CN([C@@H](C)CO)C(=O)c2cc(NC(=O)C3CCCCC3)ccc2O1. The van der Waals surface area contributed by atoms with Crippen LogP contribution in [0.15, 0.2) is 42.5 Å². The molecule has 0 radical (unpaired) electrons. The number of carboxylic acid groups (broad SMARTS) is 1. The maximum Gasteiger partial charge on any atom is 0.335 e. The van der Waals surface area contributed by atoms with Crippen LogP contribution in [0.1, 0.15) is 98.4 Å². The predicted molar refractivity (Wildman–Crippen MR) is 182 cm³/mol. The number of carbonyl (C=O) groups is 3. The van der Waals surface area contributed by atoms with Gasteiger partial charge in [0, 0.05) is 43.8 Å². The van der Waals surface area contributed by atoms with Crippen LogP contribution in [0.3, 0.4) is 0 Å². The molecular weight excluding hydrogens is 598 g/mol. The van der Waals surface area contributed by atoms with Crippen LogP contribution >= 0.6 is 0 Å². The van der Waals surface area contributed by atoms with Crippen LogP contribution in [0.5, 0.6) is 5.75 Å². The minimum atomic E-state index is -0.952. The first-order chi connectivity index (χ1) is 22.5. The maximum absolute atomic E-state index is 14.4. The Labute approximate surface area is 279 Å². The Hall–Kier alpha value is -3.47. The Balaban J connectivity index is 1.57. The van der Waals surface area contributed by atoms with Crippen molar-refractivity contribution in [1.82, 2.24) is 9.80 Å². The fraction of sp³-hybridized carbons (Fsp3) is 0.595. The number of carbonyl (C=O) groups excluding carboxylic acids is 2. The molecule has 0 aromatic heterocycles. The molecule has 1 saturated carbocycles. The lowest BCUT2D eigenvalue weighted by Crippen LogP contribution is -2.47. The summed E-state index contributed by atoms with van der Waals surface area (Å²) in [5.74, 6) is -0.854. The second kappa shape index (κ2) is 17.6. The van der Waals surface area contributed by atoms with Crippen molar-refractivity contribution in [3.8, 4) is 5.75 Å². The third-order valence-electron chi connectivity index (χ3n) is 9.44. The lowest BCUT2D eigenvalue weighted by molar-refractivity contribution is -0.120. The van der Waals surface area contributed by atoms with Crippen LogP contribution in [-0.2, 0) is 16.1 Å². The first kappa shape index (κ1) is 36.4. The summed E-state index contributed by atoms with van der Waals surface area (Å²) in [5.41, 5.74) is 2.17. The van der Waals surface area contributed by atoms with E-state index in [4.69, 9.17) is 9.47 Å². The van der Waals surface area contributed by atoms with Crippen molar-refractivity contribution in [1.29, 1.82) is 0 Å². The predicted octanol–water partition coefficient (Wildman–Crippen LogP) is 5.83. The number of amides is 2. The van der Waals surface area contributed by atoms with E-state index in [-0.39, 0.29) is 48.0 Å². The summed E-state index contributed by atoms with van der Waals surface area (Å²) in [6.07, 6.45) is 7.26. The van der Waals surface area contributed by atoms with Gasteiger partial charge in [0.2, 0.25) is 5.91 Å². The lowest BCUT2D eigenvalue weighted by atomic mass is 9.88. The number of hydrogen-bond donors (Lipinski definition) is 3. The highest BCUT2D eigenvalue weighted by molar-refractivity contribution is 6.00. The fourth-order valence-electron chi connectivity index (χ4n) is 6.51. The largest absolute Gasteiger partial charge is 0.490 e. The number of aliphatic hydroxyl groups excluding tert-OH is 1. The molecule has 47 heavy (non-hydrogen) atoms. The van der Waals surface area contributed by atoms with E-state index in [0.717, 1.165) is 56.9 Å². The summed E-state index contributed by atoms with van der Waals surface area (Å²) in [5, 5.41) is 22.5. The van der Waals surface area contributed by atoms with Crippen molar-refractivity contribution in [2.45, 2.75) is 96.9 Å². The Morgan fingerprint density at radius 1 is 1.02 bits per heavy atom. The van der Waals surface area contributed by atoms with Crippen molar-refractivity contribution < 1.29 is 34.1 Å². The molecule has 4 rings (SSSR count). The number of aliphatic hydroxyl groups is 1. The number of fused-ring (bicyclic) bond motifs is 1. The fourth-order valence-corrected chi connectivity index (χ4v) is 6.51. The average molecular weight is 652 g/mol. The van der Waals surface area contributed by atoms with Crippen molar-refractivity contribution in [2.75, 3.05) is 38.7 Å². The molecular formula is C37H53N3O7. The molecule has 3 N–H and O–H groups in total. The smallest absolute Gasteiger partial charge is 0.335 e. The number of nitrogens with one attached hydrogen (secondary N) is 1. The van der Waals surface area contributed by atoms with Crippen LogP contribution in [0.4, 0.5) is 5.69 Å². The third-order valence-corrected chi connectivity index (χ3v) is 9.44. The van der Waals surface area contributed by atoms with Gasteiger partial charge in [0.25, 0.3) is 5.91 Å². The number of rotatable bonds is 9. The highest BCUT2D eigenvalue weighted by atomic mass is 16.5. The van der Waals surface area contributed by atoms with Gasteiger partial charge in [0.15, 0.2) is 0 Å². The highest BCUT2D eigenvalue weighted by Crippen LogP contribution is 2.30. The standard InChI is InChI=1S/C37H53N3O7/c1-25-21-40(26(2)24-41)36(43)32-20-31(38-35(42)29-11-6-5-7-12-29)17-18-33(32)47-27(3)10-8-9-19-46-34(25)23-39(4)22-28-13-15-30(16-14-28)37(44)45/h13-18,20,25-27,29,34,41H,5-12,19,21-24H2,1-4H3,(H,38,42)(H,44,45)/t25-,26-,27+,34+/m0/s1. The zero-order valence-electron chi connectivity index (χ0n) is 28.5. The summed E-state index contributed by atoms with van der Waals surface area (Å²) in [6, 6.07) is 11.7. The average Bonchev–Trinajstić information content (AvgIpc) is 3.06. The van der Waals surface area contributed by atoms with Crippen LogP contribution in [-0.4, -0.2) is 89.4 Å². The molecule has 0 spiro atoms. The summed E-state index contributed by atoms with van der Waals surface area (Å²) >= 11 is 0. The van der Waals surface area contributed by atoms with Gasteiger partial charge in [0.1, 0.15) is 5.75 Å². The molecule has 10 heteroatoms. The van der Waals surface area contributed by atoms with E-state index in [1.165, 1.54) is 0 Å². The monoisotopic (exact) mass is 651 g/mol. The maximum atomic E-state index is 14.4. The number of likely N-dealkylation sites (N-methyl/N-ethyl adjacent to an activating group) is 1. The number of ether oxygens (including phenoxy) is 2. The molecule has 0 unspecified atom stereocenters. The highest BCUT2D eigenvalue weighted by Gasteiger charge is 2.31.